The van der Waals surface area contributed by atoms with Crippen LogP contribution in [-0.2, 0) is 30.4 Å². The average Bonchev–Trinajstić information content (AvgIpc) is 3.00. The van der Waals surface area contributed by atoms with Crippen molar-refractivity contribution in [2.24, 2.45) is 0 Å². The predicted molar refractivity (Wildman–Crippen MR) is 158 cm³/mol. The molecule has 3 aromatic carbocycles. The van der Waals surface area contributed by atoms with E-state index in [1.807, 2.05) is 80.7 Å². The van der Waals surface area contributed by atoms with Crippen LogP contribution in [0.2, 0.25) is 0 Å². The second kappa shape index (κ2) is 14.5. The van der Waals surface area contributed by atoms with Gasteiger partial charge in [-0.15, -0.1) is 0 Å². The minimum atomic E-state index is -0.911. The topological polar surface area (TPSA) is 118 Å². The summed E-state index contributed by atoms with van der Waals surface area (Å²) in [4.78, 5) is 25.6. The summed E-state index contributed by atoms with van der Waals surface area (Å²) in [6.07, 6.45) is -2.08. The molecular formula is C33H40N2O7. The number of amides is 1. The van der Waals surface area contributed by atoms with E-state index in [-0.39, 0.29) is 24.9 Å². The number of rotatable bonds is 11. The molecule has 0 bridgehead atoms. The number of aliphatic hydroxyl groups excluding tert-OH is 2. The van der Waals surface area contributed by atoms with Gasteiger partial charge in [0.1, 0.15) is 0 Å². The van der Waals surface area contributed by atoms with Crippen molar-refractivity contribution in [3.8, 4) is 0 Å². The van der Waals surface area contributed by atoms with Gasteiger partial charge in [-0.3, -0.25) is 14.5 Å². The summed E-state index contributed by atoms with van der Waals surface area (Å²) in [7, 11) is 1.98. The Bertz CT molecular complexity index is 1300. The van der Waals surface area contributed by atoms with Gasteiger partial charge >= 0.3 is 5.97 Å². The molecule has 3 aromatic rings. The molecular weight excluding hydrogens is 536 g/mol. The predicted octanol–water partition coefficient (Wildman–Crippen LogP) is 4.67. The van der Waals surface area contributed by atoms with E-state index in [9.17, 15) is 19.8 Å². The molecule has 224 valence electrons. The Balaban J connectivity index is 1.49. The number of esters is 1. The lowest BCUT2D eigenvalue weighted by atomic mass is 9.98. The zero-order valence-electron chi connectivity index (χ0n) is 24.5. The second-order valence-electron chi connectivity index (χ2n) is 10.7. The maximum Gasteiger partial charge on any atom is 0.303 e. The molecule has 3 N–H and O–H groups in total. The van der Waals surface area contributed by atoms with Crippen LogP contribution in [0.4, 0.5) is 5.69 Å². The van der Waals surface area contributed by atoms with Crippen LogP contribution in [0.15, 0.2) is 78.9 Å². The molecule has 1 saturated heterocycles. The minimum Gasteiger partial charge on any atom is -0.453 e. The highest BCUT2D eigenvalue weighted by molar-refractivity contribution is 5.94. The number of hydrogen-bond donors (Lipinski definition) is 3. The van der Waals surface area contributed by atoms with Gasteiger partial charge in [0.25, 0.3) is 5.91 Å². The number of aliphatic hydroxyl groups is 2. The summed E-state index contributed by atoms with van der Waals surface area (Å²) in [6.45, 7) is 5.30. The van der Waals surface area contributed by atoms with E-state index in [0.29, 0.717) is 18.7 Å². The number of hydrogen-bond acceptors (Lipinski definition) is 8. The monoisotopic (exact) mass is 576 g/mol. The van der Waals surface area contributed by atoms with E-state index < -0.39 is 30.4 Å². The normalized spacial score (nSPS) is 20.9. The van der Waals surface area contributed by atoms with Gasteiger partial charge in [0.05, 0.1) is 24.9 Å². The molecule has 0 saturated carbocycles. The van der Waals surface area contributed by atoms with Crippen molar-refractivity contribution < 1.29 is 34.0 Å². The van der Waals surface area contributed by atoms with E-state index in [2.05, 4.69) is 10.2 Å². The van der Waals surface area contributed by atoms with Crippen molar-refractivity contribution in [3.63, 3.8) is 0 Å². The first-order valence-electron chi connectivity index (χ1n) is 14.2. The summed E-state index contributed by atoms with van der Waals surface area (Å²) in [6, 6.07) is 24.3. The molecule has 0 aliphatic carbocycles. The van der Waals surface area contributed by atoms with Crippen LogP contribution in [0, 0.1) is 0 Å². The lowest BCUT2D eigenvalue weighted by Gasteiger charge is -2.39. The maximum atomic E-state index is 12.3. The fourth-order valence-corrected chi connectivity index (χ4v) is 4.96. The van der Waals surface area contributed by atoms with Crippen LogP contribution < -0.4 is 5.32 Å². The summed E-state index contributed by atoms with van der Waals surface area (Å²) < 4.78 is 17.8. The molecule has 0 aromatic heterocycles. The van der Waals surface area contributed by atoms with Crippen molar-refractivity contribution in [1.29, 1.82) is 0 Å². The molecule has 1 aliphatic heterocycles. The molecule has 6 unspecified atom stereocenters. The third-order valence-corrected chi connectivity index (χ3v) is 7.56. The molecule has 1 heterocycles. The fraction of sp³-hybridized carbons (Fsp3) is 0.394. The van der Waals surface area contributed by atoms with Crippen LogP contribution in [-0.4, -0.2) is 58.8 Å². The number of nitrogens with one attached hydrogen (secondary N) is 1. The molecule has 1 aliphatic rings. The number of nitrogens with zero attached hydrogens (tertiary/aromatic N) is 1. The molecule has 42 heavy (non-hydrogen) atoms. The van der Waals surface area contributed by atoms with Gasteiger partial charge in [0.2, 0.25) is 0 Å². The van der Waals surface area contributed by atoms with Gasteiger partial charge in [-0.25, -0.2) is 0 Å². The Kier molecular flexibility index (Phi) is 10.8. The molecule has 1 amide bonds. The number of carbonyl (C=O) groups excluding carboxylic acids is 2. The molecule has 1 fully saturated rings. The maximum absolute atomic E-state index is 12.3. The van der Waals surface area contributed by atoms with E-state index in [1.165, 1.54) is 13.8 Å². The number of benzene rings is 3. The van der Waals surface area contributed by atoms with Gasteiger partial charge in [-0.05, 0) is 49.7 Å². The van der Waals surface area contributed by atoms with Crippen molar-refractivity contribution in [2.45, 2.75) is 70.5 Å². The van der Waals surface area contributed by atoms with Gasteiger partial charge in [0, 0.05) is 37.2 Å². The lowest BCUT2D eigenvalue weighted by molar-refractivity contribution is -0.253. The standard InChI is InChI=1S/C33H40N2O7/c1-21(31(38)26-8-6-5-7-9-26)35(4)19-29-18-30(25-12-10-24(20-36)11-13-25)42-33(41-29)27-14-16-28(17-15-27)34-32(39)22(2)40-23(3)37/h5-17,21-22,29-31,33,36,38H,18-20H2,1-4H3,(H,34,39). The Morgan fingerprint density at radius 2 is 1.62 bits per heavy atom. The summed E-state index contributed by atoms with van der Waals surface area (Å²) >= 11 is 0. The first-order valence-corrected chi connectivity index (χ1v) is 14.2. The van der Waals surface area contributed by atoms with Crippen LogP contribution in [0.3, 0.4) is 0 Å². The van der Waals surface area contributed by atoms with E-state index in [4.69, 9.17) is 14.2 Å². The third kappa shape index (κ3) is 8.24. The van der Waals surface area contributed by atoms with Crippen LogP contribution in [0.5, 0.6) is 0 Å². The molecule has 0 radical (unpaired) electrons. The van der Waals surface area contributed by atoms with Crippen molar-refractivity contribution in [3.05, 3.63) is 101 Å². The smallest absolute Gasteiger partial charge is 0.303 e. The molecule has 9 nitrogen and oxygen atoms in total. The fourth-order valence-electron chi connectivity index (χ4n) is 4.96. The average molecular weight is 577 g/mol. The van der Waals surface area contributed by atoms with Crippen LogP contribution in [0.1, 0.15) is 67.9 Å². The highest BCUT2D eigenvalue weighted by Gasteiger charge is 2.34. The molecule has 6 atom stereocenters. The first kappa shape index (κ1) is 31.3. The molecule has 0 spiro atoms. The third-order valence-electron chi connectivity index (χ3n) is 7.56. The second-order valence-corrected chi connectivity index (χ2v) is 10.7. The van der Waals surface area contributed by atoms with E-state index >= 15 is 0 Å². The largest absolute Gasteiger partial charge is 0.453 e. The summed E-state index contributed by atoms with van der Waals surface area (Å²) in [5, 5.41) is 23.2. The minimum absolute atomic E-state index is 0.0326. The Labute approximate surface area is 247 Å². The van der Waals surface area contributed by atoms with Crippen molar-refractivity contribution >= 4 is 17.6 Å². The summed E-state index contributed by atoms with van der Waals surface area (Å²) in [5.74, 6) is -0.950. The van der Waals surface area contributed by atoms with Gasteiger partial charge < -0.3 is 29.7 Å². The number of anilines is 1. The highest BCUT2D eigenvalue weighted by Crippen LogP contribution is 2.38. The quantitative estimate of drug-likeness (QED) is 0.282. The first-order chi connectivity index (χ1) is 20.1. The molecule has 9 heteroatoms. The number of likely N-dealkylation sites (N-methyl/N-ethyl adjacent to an activating group) is 1. The van der Waals surface area contributed by atoms with Gasteiger partial charge in [-0.1, -0.05) is 66.7 Å². The Morgan fingerprint density at radius 1 is 0.976 bits per heavy atom. The Morgan fingerprint density at radius 3 is 2.24 bits per heavy atom. The van der Waals surface area contributed by atoms with Gasteiger partial charge in [0.15, 0.2) is 12.4 Å². The zero-order valence-corrected chi connectivity index (χ0v) is 24.5. The summed E-state index contributed by atoms with van der Waals surface area (Å²) in [5.41, 5.74) is 3.99. The van der Waals surface area contributed by atoms with Crippen molar-refractivity contribution in [1.82, 2.24) is 4.90 Å². The number of carbonyl (C=O) groups is 2. The van der Waals surface area contributed by atoms with E-state index in [1.54, 1.807) is 12.1 Å². The van der Waals surface area contributed by atoms with Gasteiger partial charge in [-0.2, -0.15) is 0 Å². The van der Waals surface area contributed by atoms with Crippen LogP contribution >= 0.6 is 0 Å². The number of ether oxygens (including phenoxy) is 3. The Hall–Kier alpha value is -3.60. The highest BCUT2D eigenvalue weighted by atomic mass is 16.7. The molecule has 4 rings (SSSR count). The van der Waals surface area contributed by atoms with Crippen LogP contribution in [0.25, 0.3) is 0 Å². The zero-order chi connectivity index (χ0) is 30.2. The van der Waals surface area contributed by atoms with Crippen molar-refractivity contribution in [2.75, 3.05) is 18.9 Å². The SMILES string of the molecule is CC(=O)OC(C)C(=O)Nc1ccc(C2OC(CN(C)C(C)C(O)c3ccccc3)CC(c3ccc(CO)cc3)O2)cc1. The van der Waals surface area contributed by atoms with E-state index in [0.717, 1.165) is 22.3 Å². The lowest BCUT2D eigenvalue weighted by Crippen LogP contribution is -2.43.